The van der Waals surface area contributed by atoms with Crippen molar-refractivity contribution in [2.75, 3.05) is 26.0 Å². The average molecular weight is 252 g/mol. The van der Waals surface area contributed by atoms with Crippen molar-refractivity contribution in [3.8, 4) is 0 Å². The zero-order valence-electron chi connectivity index (χ0n) is 11.1. The van der Waals surface area contributed by atoms with Gasteiger partial charge in [-0.25, -0.2) is 4.68 Å². The third kappa shape index (κ3) is 4.20. The number of anilines is 1. The SMILES string of the molecule is CCNc1cnn(CCCC(=O)N(C)C)c(=O)c1. The van der Waals surface area contributed by atoms with Crippen molar-refractivity contribution in [3.63, 3.8) is 0 Å². The molecule has 100 valence electrons. The molecule has 0 atom stereocenters. The number of carbonyl (C=O) groups excluding carboxylic acids is 1. The summed E-state index contributed by atoms with van der Waals surface area (Å²) >= 11 is 0. The minimum Gasteiger partial charge on any atom is -0.384 e. The lowest BCUT2D eigenvalue weighted by Gasteiger charge is -2.10. The predicted molar refractivity (Wildman–Crippen MR) is 70.6 cm³/mol. The van der Waals surface area contributed by atoms with Crippen LogP contribution in [-0.2, 0) is 11.3 Å². The second-order valence-electron chi connectivity index (χ2n) is 4.23. The Labute approximate surface area is 107 Å². The molecular formula is C12H20N4O2. The molecule has 0 saturated heterocycles. The Morgan fingerprint density at radius 3 is 2.78 bits per heavy atom. The Morgan fingerprint density at radius 1 is 1.50 bits per heavy atom. The van der Waals surface area contributed by atoms with Crippen LogP contribution in [0.2, 0.25) is 0 Å². The Kier molecular flexibility index (Phi) is 5.35. The van der Waals surface area contributed by atoms with E-state index in [1.807, 2.05) is 6.92 Å². The molecular weight excluding hydrogens is 232 g/mol. The van der Waals surface area contributed by atoms with E-state index in [2.05, 4.69) is 10.4 Å². The molecule has 6 heteroatoms. The van der Waals surface area contributed by atoms with Crippen LogP contribution in [0, 0.1) is 0 Å². The molecule has 0 aromatic carbocycles. The second kappa shape index (κ2) is 6.78. The number of rotatable bonds is 6. The first kappa shape index (κ1) is 14.2. The van der Waals surface area contributed by atoms with Gasteiger partial charge in [-0.2, -0.15) is 5.10 Å². The maximum Gasteiger partial charge on any atom is 0.268 e. The molecule has 0 aliphatic heterocycles. The molecule has 1 amide bonds. The van der Waals surface area contributed by atoms with Gasteiger partial charge < -0.3 is 10.2 Å². The Morgan fingerprint density at radius 2 is 2.22 bits per heavy atom. The van der Waals surface area contributed by atoms with E-state index < -0.39 is 0 Å². The van der Waals surface area contributed by atoms with Crippen molar-refractivity contribution in [1.29, 1.82) is 0 Å². The first-order valence-electron chi connectivity index (χ1n) is 6.05. The van der Waals surface area contributed by atoms with Gasteiger partial charge in [0.15, 0.2) is 0 Å². The summed E-state index contributed by atoms with van der Waals surface area (Å²) in [5.41, 5.74) is 0.578. The molecule has 0 radical (unpaired) electrons. The highest BCUT2D eigenvalue weighted by molar-refractivity contribution is 5.75. The zero-order chi connectivity index (χ0) is 13.5. The number of hydrogen-bond donors (Lipinski definition) is 1. The van der Waals surface area contributed by atoms with Crippen LogP contribution in [0.1, 0.15) is 19.8 Å². The number of aryl methyl sites for hydroxylation is 1. The van der Waals surface area contributed by atoms with Crippen molar-refractivity contribution >= 4 is 11.6 Å². The van der Waals surface area contributed by atoms with Crippen molar-refractivity contribution < 1.29 is 4.79 Å². The molecule has 0 bridgehead atoms. The van der Waals surface area contributed by atoms with Gasteiger partial charge in [0.05, 0.1) is 11.9 Å². The minimum absolute atomic E-state index is 0.0623. The number of amides is 1. The van der Waals surface area contributed by atoms with E-state index in [0.717, 1.165) is 12.2 Å². The molecule has 1 heterocycles. The number of nitrogens with one attached hydrogen (secondary N) is 1. The van der Waals surface area contributed by atoms with Gasteiger partial charge in [0.1, 0.15) is 0 Å². The summed E-state index contributed by atoms with van der Waals surface area (Å²) < 4.78 is 1.38. The molecule has 0 aliphatic rings. The largest absolute Gasteiger partial charge is 0.384 e. The quantitative estimate of drug-likeness (QED) is 0.802. The lowest BCUT2D eigenvalue weighted by atomic mass is 10.3. The van der Waals surface area contributed by atoms with E-state index in [1.165, 1.54) is 10.7 Å². The highest BCUT2D eigenvalue weighted by Gasteiger charge is 2.05. The fraction of sp³-hybridized carbons (Fsp3) is 0.583. The lowest BCUT2D eigenvalue weighted by Crippen LogP contribution is -2.25. The molecule has 1 aromatic heterocycles. The van der Waals surface area contributed by atoms with Crippen molar-refractivity contribution in [3.05, 3.63) is 22.6 Å². The number of carbonyl (C=O) groups is 1. The van der Waals surface area contributed by atoms with Crippen LogP contribution < -0.4 is 10.9 Å². The van der Waals surface area contributed by atoms with Gasteiger partial charge in [-0.1, -0.05) is 0 Å². The summed E-state index contributed by atoms with van der Waals surface area (Å²) in [4.78, 5) is 24.6. The van der Waals surface area contributed by atoms with E-state index in [4.69, 9.17) is 0 Å². The molecule has 1 rings (SSSR count). The predicted octanol–water partition coefficient (Wildman–Crippen LogP) is 0.544. The van der Waals surface area contributed by atoms with Crippen LogP contribution in [0.3, 0.4) is 0 Å². The van der Waals surface area contributed by atoms with Gasteiger partial charge in [0.2, 0.25) is 5.91 Å². The number of nitrogens with zero attached hydrogens (tertiary/aromatic N) is 3. The van der Waals surface area contributed by atoms with Gasteiger partial charge in [-0.15, -0.1) is 0 Å². The smallest absolute Gasteiger partial charge is 0.268 e. The first-order chi connectivity index (χ1) is 8.54. The minimum atomic E-state index is -0.147. The standard InChI is InChI=1S/C12H20N4O2/c1-4-13-10-8-12(18)16(14-9-10)7-5-6-11(17)15(2)3/h8-9,13H,4-7H2,1-3H3. The number of aromatic nitrogens is 2. The van der Waals surface area contributed by atoms with Crippen LogP contribution in [0.15, 0.2) is 17.1 Å². The molecule has 0 saturated carbocycles. The summed E-state index contributed by atoms with van der Waals surface area (Å²) in [7, 11) is 3.44. The molecule has 1 aromatic rings. The highest BCUT2D eigenvalue weighted by Crippen LogP contribution is 2.00. The fourth-order valence-electron chi connectivity index (χ4n) is 1.51. The third-order valence-electron chi connectivity index (χ3n) is 2.51. The van der Waals surface area contributed by atoms with Gasteiger partial charge in [-0.05, 0) is 13.3 Å². The second-order valence-corrected chi connectivity index (χ2v) is 4.23. The molecule has 1 N–H and O–H groups in total. The van der Waals surface area contributed by atoms with Gasteiger partial charge >= 0.3 is 0 Å². The number of hydrogen-bond acceptors (Lipinski definition) is 4. The van der Waals surface area contributed by atoms with E-state index in [1.54, 1.807) is 25.2 Å². The van der Waals surface area contributed by atoms with Crippen LogP contribution >= 0.6 is 0 Å². The molecule has 0 aliphatic carbocycles. The zero-order valence-corrected chi connectivity index (χ0v) is 11.1. The van der Waals surface area contributed by atoms with Crippen molar-refractivity contribution in [2.24, 2.45) is 0 Å². The summed E-state index contributed by atoms with van der Waals surface area (Å²) in [6, 6.07) is 1.52. The molecule has 0 fully saturated rings. The normalized spacial score (nSPS) is 10.2. The highest BCUT2D eigenvalue weighted by atomic mass is 16.2. The topological polar surface area (TPSA) is 67.2 Å². The first-order valence-corrected chi connectivity index (χ1v) is 6.05. The maximum atomic E-state index is 11.7. The maximum absolute atomic E-state index is 11.7. The molecule has 18 heavy (non-hydrogen) atoms. The van der Waals surface area contributed by atoms with E-state index in [0.29, 0.717) is 19.4 Å². The van der Waals surface area contributed by atoms with Crippen LogP contribution in [-0.4, -0.2) is 41.2 Å². The van der Waals surface area contributed by atoms with Crippen LogP contribution in [0.25, 0.3) is 0 Å². The van der Waals surface area contributed by atoms with Crippen LogP contribution in [0.5, 0.6) is 0 Å². The van der Waals surface area contributed by atoms with Crippen molar-refractivity contribution in [1.82, 2.24) is 14.7 Å². The molecule has 0 spiro atoms. The third-order valence-corrected chi connectivity index (χ3v) is 2.51. The van der Waals surface area contributed by atoms with Crippen molar-refractivity contribution in [2.45, 2.75) is 26.3 Å². The molecule has 0 unspecified atom stereocenters. The lowest BCUT2D eigenvalue weighted by molar-refractivity contribution is -0.128. The summed E-state index contributed by atoms with van der Waals surface area (Å²) in [5.74, 6) is 0.0623. The summed E-state index contributed by atoms with van der Waals surface area (Å²) in [6.07, 6.45) is 2.67. The van der Waals surface area contributed by atoms with Gasteiger partial charge in [0, 0.05) is 39.7 Å². The average Bonchev–Trinajstić information content (AvgIpc) is 2.32. The fourth-order valence-corrected chi connectivity index (χ4v) is 1.51. The Hall–Kier alpha value is -1.85. The summed E-state index contributed by atoms with van der Waals surface area (Å²) in [5, 5.41) is 7.08. The van der Waals surface area contributed by atoms with Gasteiger partial charge in [0.25, 0.3) is 5.56 Å². The van der Waals surface area contributed by atoms with E-state index in [-0.39, 0.29) is 11.5 Å². The van der Waals surface area contributed by atoms with E-state index >= 15 is 0 Å². The molecule has 6 nitrogen and oxygen atoms in total. The Bertz CT molecular complexity index is 454. The summed E-state index contributed by atoms with van der Waals surface area (Å²) in [6.45, 7) is 3.17. The van der Waals surface area contributed by atoms with Crippen LogP contribution in [0.4, 0.5) is 5.69 Å². The van der Waals surface area contributed by atoms with E-state index in [9.17, 15) is 9.59 Å². The monoisotopic (exact) mass is 252 g/mol. The van der Waals surface area contributed by atoms with Gasteiger partial charge in [-0.3, -0.25) is 9.59 Å². The Balaban J connectivity index is 2.53.